The molecular weight excluding hydrogens is 255 g/mol. The molecule has 5 heteroatoms. The lowest BCUT2D eigenvalue weighted by molar-refractivity contribution is -0.135. The van der Waals surface area contributed by atoms with Crippen LogP contribution < -0.4 is 0 Å². The first-order chi connectivity index (χ1) is 6.57. The van der Waals surface area contributed by atoms with Crippen molar-refractivity contribution >= 4 is 27.7 Å². The third-order valence-corrected chi connectivity index (χ3v) is 2.37. The van der Waals surface area contributed by atoms with E-state index >= 15 is 0 Å². The third-order valence-electron chi connectivity index (χ3n) is 1.57. The molecule has 0 aliphatic heterocycles. The summed E-state index contributed by atoms with van der Waals surface area (Å²) in [7, 11) is 1.09. The topological polar surface area (TPSA) is 43.4 Å². The lowest BCUT2D eigenvalue weighted by Crippen LogP contribution is -2.16. The second-order valence-electron chi connectivity index (χ2n) is 2.42. The molecular formula is C9H6BrFO3. The van der Waals surface area contributed by atoms with Crippen LogP contribution in [0, 0.1) is 5.82 Å². The van der Waals surface area contributed by atoms with Crippen molar-refractivity contribution < 1.29 is 18.7 Å². The van der Waals surface area contributed by atoms with Crippen LogP contribution in [0.15, 0.2) is 22.7 Å². The van der Waals surface area contributed by atoms with Gasteiger partial charge in [-0.2, -0.15) is 0 Å². The molecule has 1 aromatic carbocycles. The quantitative estimate of drug-likeness (QED) is 0.464. The standard InChI is InChI=1S/C9H6BrFO3/c1-14-9(13)8(12)5-3-2-4-6(11)7(5)10/h2-4H,1H3. The van der Waals surface area contributed by atoms with E-state index in [2.05, 4.69) is 20.7 Å². The van der Waals surface area contributed by atoms with E-state index in [9.17, 15) is 14.0 Å². The Balaban J connectivity index is 3.14. The zero-order valence-corrected chi connectivity index (χ0v) is 8.80. The maximum Gasteiger partial charge on any atom is 0.379 e. The van der Waals surface area contributed by atoms with E-state index in [-0.39, 0.29) is 10.0 Å². The summed E-state index contributed by atoms with van der Waals surface area (Å²) in [4.78, 5) is 22.1. The van der Waals surface area contributed by atoms with Gasteiger partial charge in [-0.05, 0) is 28.1 Å². The van der Waals surface area contributed by atoms with Crippen molar-refractivity contribution in [2.45, 2.75) is 0 Å². The predicted octanol–water partition coefficient (Wildman–Crippen LogP) is 1.94. The molecule has 0 saturated carbocycles. The van der Waals surface area contributed by atoms with Crippen molar-refractivity contribution in [2.24, 2.45) is 0 Å². The number of hydrogen-bond acceptors (Lipinski definition) is 3. The Labute approximate surface area is 88.0 Å². The van der Waals surface area contributed by atoms with Gasteiger partial charge in [0.15, 0.2) is 0 Å². The van der Waals surface area contributed by atoms with E-state index in [1.807, 2.05) is 0 Å². The van der Waals surface area contributed by atoms with Crippen LogP contribution in [0.2, 0.25) is 0 Å². The molecule has 0 aromatic heterocycles. The minimum Gasteiger partial charge on any atom is -0.463 e. The van der Waals surface area contributed by atoms with Crippen molar-refractivity contribution in [1.29, 1.82) is 0 Å². The fourth-order valence-corrected chi connectivity index (χ4v) is 1.33. The highest BCUT2D eigenvalue weighted by Gasteiger charge is 2.20. The van der Waals surface area contributed by atoms with Gasteiger partial charge in [-0.1, -0.05) is 6.07 Å². The van der Waals surface area contributed by atoms with Gasteiger partial charge in [0.2, 0.25) is 0 Å². The molecule has 1 aromatic rings. The van der Waals surface area contributed by atoms with Gasteiger partial charge in [-0.25, -0.2) is 9.18 Å². The van der Waals surface area contributed by atoms with Crippen LogP contribution in [-0.2, 0) is 9.53 Å². The third kappa shape index (κ3) is 1.98. The number of ether oxygens (including phenoxy) is 1. The van der Waals surface area contributed by atoms with Crippen molar-refractivity contribution in [3.63, 3.8) is 0 Å². The minimum absolute atomic E-state index is 0.0320. The normalized spacial score (nSPS) is 9.64. The molecule has 74 valence electrons. The Bertz CT molecular complexity index is 390. The fourth-order valence-electron chi connectivity index (χ4n) is 0.882. The van der Waals surface area contributed by atoms with E-state index in [0.29, 0.717) is 0 Å². The molecule has 3 nitrogen and oxygen atoms in total. The van der Waals surface area contributed by atoms with Gasteiger partial charge in [0.05, 0.1) is 11.6 Å². The van der Waals surface area contributed by atoms with Crippen LogP contribution in [0.3, 0.4) is 0 Å². The molecule has 14 heavy (non-hydrogen) atoms. The summed E-state index contributed by atoms with van der Waals surface area (Å²) in [5.41, 5.74) is -0.0446. The number of benzene rings is 1. The molecule has 0 radical (unpaired) electrons. The molecule has 0 aliphatic carbocycles. The average Bonchev–Trinajstić information content (AvgIpc) is 2.20. The van der Waals surface area contributed by atoms with Crippen molar-refractivity contribution in [1.82, 2.24) is 0 Å². The second-order valence-corrected chi connectivity index (χ2v) is 3.22. The molecule has 0 saturated heterocycles. The highest BCUT2D eigenvalue weighted by Crippen LogP contribution is 2.20. The SMILES string of the molecule is COC(=O)C(=O)c1cccc(F)c1Br. The summed E-state index contributed by atoms with van der Waals surface area (Å²) in [5.74, 6) is -2.49. The number of carbonyl (C=O) groups is 2. The predicted molar refractivity (Wildman–Crippen MR) is 50.4 cm³/mol. The number of methoxy groups -OCH3 is 1. The molecule has 0 fully saturated rings. The molecule has 0 bridgehead atoms. The fraction of sp³-hybridized carbons (Fsp3) is 0.111. The summed E-state index contributed by atoms with van der Waals surface area (Å²) in [6.07, 6.45) is 0. The lowest BCUT2D eigenvalue weighted by atomic mass is 10.1. The smallest absolute Gasteiger partial charge is 0.379 e. The summed E-state index contributed by atoms with van der Waals surface area (Å²) < 4.78 is 17.2. The molecule has 1 rings (SSSR count). The zero-order valence-electron chi connectivity index (χ0n) is 7.21. The molecule has 0 N–H and O–H groups in total. The maximum atomic E-state index is 13.0. The van der Waals surface area contributed by atoms with Gasteiger partial charge >= 0.3 is 5.97 Å². The van der Waals surface area contributed by atoms with Gasteiger partial charge in [0.25, 0.3) is 5.78 Å². The summed E-state index contributed by atoms with van der Waals surface area (Å²) in [5, 5.41) is 0. The second kappa shape index (κ2) is 4.32. The van der Waals surface area contributed by atoms with Crippen molar-refractivity contribution in [3.05, 3.63) is 34.1 Å². The highest BCUT2D eigenvalue weighted by molar-refractivity contribution is 9.10. The molecule has 0 heterocycles. The number of esters is 1. The van der Waals surface area contributed by atoms with E-state index in [4.69, 9.17) is 0 Å². The first-order valence-corrected chi connectivity index (χ1v) is 4.44. The summed E-state index contributed by atoms with van der Waals surface area (Å²) >= 11 is 2.87. The van der Waals surface area contributed by atoms with E-state index < -0.39 is 17.6 Å². The zero-order chi connectivity index (χ0) is 10.7. The number of hydrogen-bond donors (Lipinski definition) is 0. The van der Waals surface area contributed by atoms with E-state index in [0.717, 1.165) is 7.11 Å². The summed E-state index contributed by atoms with van der Waals surface area (Å²) in [6, 6.07) is 3.86. The van der Waals surface area contributed by atoms with Crippen molar-refractivity contribution in [2.75, 3.05) is 7.11 Å². The van der Waals surface area contributed by atoms with Crippen LogP contribution in [0.25, 0.3) is 0 Å². The largest absolute Gasteiger partial charge is 0.463 e. The molecule has 0 unspecified atom stereocenters. The van der Waals surface area contributed by atoms with Gasteiger partial charge in [0.1, 0.15) is 5.82 Å². The first-order valence-electron chi connectivity index (χ1n) is 3.64. The maximum absolute atomic E-state index is 13.0. The van der Waals surface area contributed by atoms with E-state index in [1.54, 1.807) is 0 Å². The molecule has 0 spiro atoms. The Morgan fingerprint density at radius 3 is 2.64 bits per heavy atom. The number of Topliss-reactive ketones (excluding diaryl/α,β-unsaturated/α-hetero) is 1. The monoisotopic (exact) mass is 260 g/mol. The van der Waals surface area contributed by atoms with Gasteiger partial charge < -0.3 is 4.74 Å². The molecule has 0 atom stereocenters. The Hall–Kier alpha value is -1.23. The number of halogens is 2. The molecule has 0 aliphatic rings. The van der Waals surface area contributed by atoms with Crippen LogP contribution in [0.4, 0.5) is 4.39 Å². The average molecular weight is 261 g/mol. The first kappa shape index (κ1) is 10.8. The van der Waals surface area contributed by atoms with Gasteiger partial charge in [-0.3, -0.25) is 4.79 Å². The van der Waals surface area contributed by atoms with Crippen LogP contribution in [0.1, 0.15) is 10.4 Å². The Morgan fingerprint density at radius 1 is 1.43 bits per heavy atom. The van der Waals surface area contributed by atoms with Gasteiger partial charge in [0, 0.05) is 5.56 Å². The highest BCUT2D eigenvalue weighted by atomic mass is 79.9. The Morgan fingerprint density at radius 2 is 2.07 bits per heavy atom. The summed E-state index contributed by atoms with van der Waals surface area (Å²) in [6.45, 7) is 0. The molecule has 0 amide bonds. The number of carbonyl (C=O) groups excluding carboxylic acids is 2. The van der Waals surface area contributed by atoms with E-state index in [1.165, 1.54) is 18.2 Å². The van der Waals surface area contributed by atoms with Gasteiger partial charge in [-0.15, -0.1) is 0 Å². The number of rotatable bonds is 2. The van der Waals surface area contributed by atoms with Crippen LogP contribution in [-0.4, -0.2) is 18.9 Å². The number of ketones is 1. The van der Waals surface area contributed by atoms with Crippen LogP contribution >= 0.6 is 15.9 Å². The van der Waals surface area contributed by atoms with Crippen molar-refractivity contribution in [3.8, 4) is 0 Å². The lowest BCUT2D eigenvalue weighted by Gasteiger charge is -2.02. The van der Waals surface area contributed by atoms with Crippen LogP contribution in [0.5, 0.6) is 0 Å². The minimum atomic E-state index is -1.02. The Kier molecular flexibility index (Phi) is 3.35.